The minimum absolute atomic E-state index is 0.252. The molecule has 2 N–H and O–H groups in total. The van der Waals surface area contributed by atoms with Crippen LogP contribution in [0.1, 0.15) is 44.6 Å². The molecule has 3 rings (SSSR count). The van der Waals surface area contributed by atoms with Crippen molar-refractivity contribution in [2.75, 3.05) is 18.0 Å². The van der Waals surface area contributed by atoms with Crippen LogP contribution < -0.4 is 10.6 Å². The molecule has 3 heteroatoms. The molecule has 110 valence electrons. The van der Waals surface area contributed by atoms with Gasteiger partial charge in [0.15, 0.2) is 0 Å². The predicted molar refractivity (Wildman–Crippen MR) is 83.9 cm³/mol. The molecule has 0 radical (unpaired) electrons. The first kappa shape index (κ1) is 13.9. The number of hydrogen-bond donors (Lipinski definition) is 1. The molecule has 20 heavy (non-hydrogen) atoms. The monoisotopic (exact) mass is 273 g/mol. The lowest BCUT2D eigenvalue weighted by atomic mass is 10.0. The van der Waals surface area contributed by atoms with Crippen LogP contribution in [0.25, 0.3) is 0 Å². The molecule has 2 aliphatic carbocycles. The highest BCUT2D eigenvalue weighted by Crippen LogP contribution is 2.36. The zero-order valence-corrected chi connectivity index (χ0v) is 12.6. The molecule has 1 heterocycles. The first-order chi connectivity index (χ1) is 9.76. The highest BCUT2D eigenvalue weighted by Gasteiger charge is 2.30. The van der Waals surface area contributed by atoms with Crippen LogP contribution in [0, 0.1) is 11.8 Å². The third-order valence-electron chi connectivity index (χ3n) is 4.52. The Labute approximate surface area is 122 Å². The van der Waals surface area contributed by atoms with Gasteiger partial charge >= 0.3 is 0 Å². The van der Waals surface area contributed by atoms with E-state index in [-0.39, 0.29) is 6.04 Å². The van der Waals surface area contributed by atoms with Gasteiger partial charge in [0.25, 0.3) is 0 Å². The van der Waals surface area contributed by atoms with E-state index in [1.807, 2.05) is 12.3 Å². The van der Waals surface area contributed by atoms with E-state index in [0.717, 1.165) is 24.7 Å². The van der Waals surface area contributed by atoms with Gasteiger partial charge in [0.05, 0.1) is 0 Å². The maximum Gasteiger partial charge on any atom is 0.131 e. The lowest BCUT2D eigenvalue weighted by molar-refractivity contribution is 0.632. The number of rotatable bonds is 8. The lowest BCUT2D eigenvalue weighted by Gasteiger charge is -2.26. The normalized spacial score (nSPS) is 19.9. The molecule has 2 saturated carbocycles. The van der Waals surface area contributed by atoms with Crippen LogP contribution in [0.15, 0.2) is 18.3 Å². The molecule has 1 unspecified atom stereocenters. The van der Waals surface area contributed by atoms with Gasteiger partial charge in [-0.1, -0.05) is 13.0 Å². The summed E-state index contributed by atoms with van der Waals surface area (Å²) in [5.41, 5.74) is 7.49. The highest BCUT2D eigenvalue weighted by molar-refractivity contribution is 5.47. The van der Waals surface area contributed by atoms with E-state index in [9.17, 15) is 0 Å². The summed E-state index contributed by atoms with van der Waals surface area (Å²) in [4.78, 5) is 7.25. The summed E-state index contributed by atoms with van der Waals surface area (Å²) in [6, 6.07) is 4.51. The average molecular weight is 273 g/mol. The fourth-order valence-electron chi connectivity index (χ4n) is 2.77. The van der Waals surface area contributed by atoms with E-state index in [1.54, 1.807) is 0 Å². The quantitative estimate of drug-likeness (QED) is 0.791. The number of aromatic nitrogens is 1. The van der Waals surface area contributed by atoms with Gasteiger partial charge in [0.2, 0.25) is 0 Å². The van der Waals surface area contributed by atoms with Crippen molar-refractivity contribution in [2.45, 2.75) is 51.5 Å². The number of hydrogen-bond acceptors (Lipinski definition) is 3. The Kier molecular flexibility index (Phi) is 4.25. The minimum Gasteiger partial charge on any atom is -0.356 e. The van der Waals surface area contributed by atoms with Gasteiger partial charge in [0, 0.05) is 25.3 Å². The van der Waals surface area contributed by atoms with Crippen LogP contribution >= 0.6 is 0 Å². The summed E-state index contributed by atoms with van der Waals surface area (Å²) < 4.78 is 0. The Hall–Kier alpha value is -1.09. The maximum absolute atomic E-state index is 6.15. The Morgan fingerprint density at radius 1 is 1.25 bits per heavy atom. The second kappa shape index (κ2) is 6.13. The minimum atomic E-state index is 0.252. The van der Waals surface area contributed by atoms with Crippen LogP contribution in [0.3, 0.4) is 0 Å². The molecule has 3 nitrogen and oxygen atoms in total. The molecule has 0 spiro atoms. The van der Waals surface area contributed by atoms with E-state index in [2.05, 4.69) is 17.9 Å². The molecule has 0 aromatic carbocycles. The topological polar surface area (TPSA) is 42.1 Å². The Morgan fingerprint density at radius 3 is 2.45 bits per heavy atom. The van der Waals surface area contributed by atoms with E-state index in [1.165, 1.54) is 50.2 Å². The van der Waals surface area contributed by atoms with E-state index < -0.39 is 0 Å². The Balaban J connectivity index is 1.76. The van der Waals surface area contributed by atoms with Crippen molar-refractivity contribution in [1.29, 1.82) is 0 Å². The predicted octanol–water partition coefficient (Wildman–Crippen LogP) is 2.99. The number of anilines is 1. The molecule has 2 aliphatic rings. The molecule has 0 amide bonds. The summed E-state index contributed by atoms with van der Waals surface area (Å²) in [5.74, 6) is 3.02. The lowest BCUT2D eigenvalue weighted by Crippen LogP contribution is -2.31. The van der Waals surface area contributed by atoms with E-state index >= 15 is 0 Å². The maximum atomic E-state index is 6.15. The molecule has 0 saturated heterocycles. The fraction of sp³-hybridized carbons (Fsp3) is 0.706. The van der Waals surface area contributed by atoms with Crippen molar-refractivity contribution < 1.29 is 0 Å². The molecule has 1 atom stereocenters. The third kappa shape index (κ3) is 3.72. The highest BCUT2D eigenvalue weighted by atomic mass is 15.2. The van der Waals surface area contributed by atoms with Crippen LogP contribution in [-0.4, -0.2) is 24.1 Å². The van der Waals surface area contributed by atoms with Crippen molar-refractivity contribution in [3.05, 3.63) is 23.9 Å². The van der Waals surface area contributed by atoms with Crippen molar-refractivity contribution in [3.63, 3.8) is 0 Å². The third-order valence-corrected chi connectivity index (χ3v) is 4.52. The second-order valence-corrected chi connectivity index (χ2v) is 6.65. The van der Waals surface area contributed by atoms with Gasteiger partial charge in [-0.2, -0.15) is 0 Å². The molecule has 2 fully saturated rings. The standard InChI is InChI=1S/C17H27N3/c1-2-16(18)10-15-4-3-9-19-17(15)20(11-13-5-6-13)12-14-7-8-14/h3-4,9,13-14,16H,2,5-8,10-12,18H2,1H3. The number of pyridine rings is 1. The van der Waals surface area contributed by atoms with Gasteiger partial charge < -0.3 is 10.6 Å². The van der Waals surface area contributed by atoms with Crippen LogP contribution in [0.5, 0.6) is 0 Å². The zero-order chi connectivity index (χ0) is 13.9. The average Bonchev–Trinajstić information content (AvgIpc) is 3.34. The first-order valence-electron chi connectivity index (χ1n) is 8.20. The molecule has 0 aliphatic heterocycles. The van der Waals surface area contributed by atoms with Crippen molar-refractivity contribution >= 4 is 5.82 Å². The van der Waals surface area contributed by atoms with Gasteiger partial charge in [-0.3, -0.25) is 0 Å². The van der Waals surface area contributed by atoms with Gasteiger partial charge in [-0.25, -0.2) is 4.98 Å². The summed E-state index contributed by atoms with van der Waals surface area (Å²) >= 11 is 0. The summed E-state index contributed by atoms with van der Waals surface area (Å²) in [7, 11) is 0. The van der Waals surface area contributed by atoms with E-state index in [4.69, 9.17) is 10.7 Å². The Morgan fingerprint density at radius 2 is 1.90 bits per heavy atom. The van der Waals surface area contributed by atoms with Crippen LogP contribution in [-0.2, 0) is 6.42 Å². The molecular weight excluding hydrogens is 246 g/mol. The van der Waals surface area contributed by atoms with Crippen LogP contribution in [0.2, 0.25) is 0 Å². The molecule has 1 aromatic heterocycles. The fourth-order valence-corrected chi connectivity index (χ4v) is 2.77. The van der Waals surface area contributed by atoms with Crippen molar-refractivity contribution in [1.82, 2.24) is 4.98 Å². The summed E-state index contributed by atoms with van der Waals surface area (Å²) in [6.45, 7) is 4.55. The van der Waals surface area contributed by atoms with Gasteiger partial charge in [0.1, 0.15) is 5.82 Å². The van der Waals surface area contributed by atoms with Gasteiger partial charge in [-0.15, -0.1) is 0 Å². The van der Waals surface area contributed by atoms with Crippen LogP contribution in [0.4, 0.5) is 5.82 Å². The number of nitrogens with zero attached hydrogens (tertiary/aromatic N) is 2. The SMILES string of the molecule is CCC(N)Cc1cccnc1N(CC1CC1)CC1CC1. The zero-order valence-electron chi connectivity index (χ0n) is 12.6. The summed E-state index contributed by atoms with van der Waals surface area (Å²) in [6.07, 6.45) is 9.51. The molecule has 1 aromatic rings. The Bertz CT molecular complexity index is 424. The van der Waals surface area contributed by atoms with E-state index in [0.29, 0.717) is 0 Å². The summed E-state index contributed by atoms with van der Waals surface area (Å²) in [5, 5.41) is 0. The second-order valence-electron chi connectivity index (χ2n) is 6.65. The molecular formula is C17H27N3. The van der Waals surface area contributed by atoms with Crippen molar-refractivity contribution in [2.24, 2.45) is 17.6 Å². The first-order valence-corrected chi connectivity index (χ1v) is 8.20. The number of nitrogens with two attached hydrogens (primary N) is 1. The smallest absolute Gasteiger partial charge is 0.131 e. The largest absolute Gasteiger partial charge is 0.356 e. The van der Waals surface area contributed by atoms with Gasteiger partial charge in [-0.05, 0) is 62.0 Å². The van der Waals surface area contributed by atoms with Crippen molar-refractivity contribution in [3.8, 4) is 0 Å². The molecule has 0 bridgehead atoms.